The van der Waals surface area contributed by atoms with Crippen LogP contribution in [0.5, 0.6) is 0 Å². The minimum Gasteiger partial charge on any atom is -0.378 e. The molecule has 2 unspecified atom stereocenters. The van der Waals surface area contributed by atoms with Gasteiger partial charge in [0.2, 0.25) is 0 Å². The van der Waals surface area contributed by atoms with E-state index in [4.69, 9.17) is 20.2 Å². The van der Waals surface area contributed by atoms with Crippen molar-refractivity contribution in [2.45, 2.75) is 35.8 Å². The van der Waals surface area contributed by atoms with Crippen LogP contribution in [0.3, 0.4) is 0 Å². The number of ether oxygens (including phenoxy) is 2. The van der Waals surface area contributed by atoms with Crippen LogP contribution in [0.15, 0.2) is 17.3 Å². The molecular weight excluding hydrogens is 292 g/mol. The summed E-state index contributed by atoms with van der Waals surface area (Å²) in [5, 5.41) is 4.12. The van der Waals surface area contributed by atoms with Gasteiger partial charge in [-0.3, -0.25) is 4.68 Å². The molecule has 1 aromatic heterocycles. The third-order valence-electron chi connectivity index (χ3n) is 3.77. The highest BCUT2D eigenvalue weighted by atomic mass is 35.7. The van der Waals surface area contributed by atoms with Gasteiger partial charge in [0, 0.05) is 42.9 Å². The van der Waals surface area contributed by atoms with E-state index in [1.165, 1.54) is 12.4 Å². The molecule has 1 aromatic rings. The lowest BCUT2D eigenvalue weighted by molar-refractivity contribution is -0.0962. The van der Waals surface area contributed by atoms with Gasteiger partial charge in [0.25, 0.3) is 9.05 Å². The van der Waals surface area contributed by atoms with Gasteiger partial charge in [-0.05, 0) is 6.42 Å². The minimum atomic E-state index is -3.72. The van der Waals surface area contributed by atoms with Crippen molar-refractivity contribution < 1.29 is 17.9 Å². The number of hydrogen-bond donors (Lipinski definition) is 0. The first kappa shape index (κ1) is 13.4. The standard InChI is InChI=1S/C11H15ClN2O4S/c12-19(15,16)10-6-13-14(7-10)9-1-3-18-11(5-9)2-4-17-8-11/h6-7,9H,1-5,8H2. The fraction of sp³-hybridized carbons (Fsp3) is 0.727. The highest BCUT2D eigenvalue weighted by molar-refractivity contribution is 8.13. The van der Waals surface area contributed by atoms with Crippen LogP contribution in [0, 0.1) is 0 Å². The van der Waals surface area contributed by atoms with Gasteiger partial charge in [0.05, 0.1) is 24.4 Å². The first-order valence-corrected chi connectivity index (χ1v) is 8.50. The maximum absolute atomic E-state index is 11.2. The Morgan fingerprint density at radius 2 is 2.32 bits per heavy atom. The predicted octanol–water partition coefficient (Wildman–Crippen LogP) is 1.32. The smallest absolute Gasteiger partial charge is 0.264 e. The molecule has 2 atom stereocenters. The van der Waals surface area contributed by atoms with E-state index in [9.17, 15) is 8.42 Å². The monoisotopic (exact) mass is 306 g/mol. The Kier molecular flexibility index (Phi) is 3.33. The van der Waals surface area contributed by atoms with E-state index < -0.39 is 9.05 Å². The van der Waals surface area contributed by atoms with E-state index in [1.807, 2.05) is 0 Å². The Balaban J connectivity index is 1.80. The lowest BCUT2D eigenvalue weighted by atomic mass is 9.90. The van der Waals surface area contributed by atoms with E-state index in [0.29, 0.717) is 19.8 Å². The number of halogens is 1. The molecule has 6 nitrogen and oxygen atoms in total. The van der Waals surface area contributed by atoms with Gasteiger partial charge in [-0.2, -0.15) is 5.10 Å². The molecule has 0 N–H and O–H groups in total. The lowest BCUT2D eigenvalue weighted by Gasteiger charge is -2.37. The summed E-state index contributed by atoms with van der Waals surface area (Å²) < 4.78 is 35.4. The fourth-order valence-electron chi connectivity index (χ4n) is 2.74. The second-order valence-electron chi connectivity index (χ2n) is 5.07. The van der Waals surface area contributed by atoms with Gasteiger partial charge < -0.3 is 9.47 Å². The molecule has 0 saturated carbocycles. The highest BCUT2D eigenvalue weighted by Crippen LogP contribution is 2.37. The van der Waals surface area contributed by atoms with E-state index in [2.05, 4.69) is 5.10 Å². The Bertz CT molecular complexity index is 565. The highest BCUT2D eigenvalue weighted by Gasteiger charge is 2.41. The zero-order valence-corrected chi connectivity index (χ0v) is 11.9. The van der Waals surface area contributed by atoms with Crippen LogP contribution in [0.4, 0.5) is 0 Å². The van der Waals surface area contributed by atoms with Crippen molar-refractivity contribution in [2.75, 3.05) is 19.8 Å². The van der Waals surface area contributed by atoms with Gasteiger partial charge >= 0.3 is 0 Å². The molecule has 0 aliphatic carbocycles. The molecule has 19 heavy (non-hydrogen) atoms. The maximum atomic E-state index is 11.2. The first-order chi connectivity index (χ1) is 8.99. The number of nitrogens with zero attached hydrogens (tertiary/aromatic N) is 2. The van der Waals surface area contributed by atoms with E-state index in [1.54, 1.807) is 4.68 Å². The summed E-state index contributed by atoms with van der Waals surface area (Å²) in [5.74, 6) is 0. The van der Waals surface area contributed by atoms with Crippen molar-refractivity contribution in [3.8, 4) is 0 Å². The quantitative estimate of drug-likeness (QED) is 0.771. The zero-order valence-electron chi connectivity index (χ0n) is 10.3. The van der Waals surface area contributed by atoms with Crippen LogP contribution in [0.1, 0.15) is 25.3 Å². The molecule has 2 saturated heterocycles. The van der Waals surface area contributed by atoms with Crippen molar-refractivity contribution in [1.82, 2.24) is 9.78 Å². The summed E-state index contributed by atoms with van der Waals surface area (Å²) in [4.78, 5) is 0.0392. The summed E-state index contributed by atoms with van der Waals surface area (Å²) >= 11 is 0. The molecule has 2 aliphatic heterocycles. The van der Waals surface area contributed by atoms with Crippen LogP contribution in [0.25, 0.3) is 0 Å². The largest absolute Gasteiger partial charge is 0.378 e. The van der Waals surface area contributed by atoms with Crippen LogP contribution in [-0.2, 0) is 18.5 Å². The van der Waals surface area contributed by atoms with Crippen molar-refractivity contribution in [1.29, 1.82) is 0 Å². The van der Waals surface area contributed by atoms with E-state index in [0.717, 1.165) is 19.3 Å². The molecule has 1 spiro atoms. The van der Waals surface area contributed by atoms with E-state index in [-0.39, 0.29) is 16.5 Å². The van der Waals surface area contributed by atoms with Crippen LogP contribution < -0.4 is 0 Å². The second kappa shape index (κ2) is 4.73. The average molecular weight is 307 g/mol. The van der Waals surface area contributed by atoms with Gasteiger partial charge in [-0.25, -0.2) is 8.42 Å². The molecule has 2 fully saturated rings. The first-order valence-electron chi connectivity index (χ1n) is 6.19. The summed E-state index contributed by atoms with van der Waals surface area (Å²) in [6, 6.07) is 0.127. The lowest BCUT2D eigenvalue weighted by Crippen LogP contribution is -2.41. The Labute approximate surface area is 116 Å². The maximum Gasteiger partial charge on any atom is 0.264 e. The Morgan fingerprint density at radius 3 is 2.95 bits per heavy atom. The third kappa shape index (κ3) is 2.65. The summed E-state index contributed by atoms with van der Waals surface area (Å²) in [6.45, 7) is 1.95. The number of hydrogen-bond acceptors (Lipinski definition) is 5. The topological polar surface area (TPSA) is 70.4 Å². The molecule has 8 heteroatoms. The molecule has 0 radical (unpaired) electrons. The van der Waals surface area contributed by atoms with Crippen LogP contribution in [0.2, 0.25) is 0 Å². The van der Waals surface area contributed by atoms with Gasteiger partial charge in [0.1, 0.15) is 4.90 Å². The summed E-state index contributed by atoms with van der Waals surface area (Å²) in [5.41, 5.74) is -0.227. The Hall–Kier alpha value is -0.630. The SMILES string of the molecule is O=S(=O)(Cl)c1cnn(C2CCOC3(CCOC3)C2)c1. The van der Waals surface area contributed by atoms with Crippen LogP contribution >= 0.6 is 10.7 Å². The second-order valence-corrected chi connectivity index (χ2v) is 7.64. The molecule has 3 rings (SSSR count). The van der Waals surface area contributed by atoms with Crippen molar-refractivity contribution in [2.24, 2.45) is 0 Å². The minimum absolute atomic E-state index is 0.0392. The summed E-state index contributed by atoms with van der Waals surface area (Å²) in [6.07, 6.45) is 5.25. The molecule has 3 heterocycles. The van der Waals surface area contributed by atoms with Gasteiger partial charge in [0.15, 0.2) is 0 Å². The van der Waals surface area contributed by atoms with Crippen molar-refractivity contribution in [3.63, 3.8) is 0 Å². The Morgan fingerprint density at radius 1 is 1.47 bits per heavy atom. The van der Waals surface area contributed by atoms with Crippen molar-refractivity contribution in [3.05, 3.63) is 12.4 Å². The normalized spacial score (nSPS) is 31.9. The molecule has 106 valence electrons. The molecular formula is C11H15ClN2O4S. The molecule has 0 aromatic carbocycles. The predicted molar refractivity (Wildman–Crippen MR) is 67.7 cm³/mol. The number of aromatic nitrogens is 2. The van der Waals surface area contributed by atoms with E-state index >= 15 is 0 Å². The average Bonchev–Trinajstić information content (AvgIpc) is 2.98. The summed E-state index contributed by atoms with van der Waals surface area (Å²) in [7, 11) is 1.59. The molecule has 0 amide bonds. The molecule has 2 aliphatic rings. The zero-order chi connectivity index (χ0) is 13.5. The molecule has 0 bridgehead atoms. The van der Waals surface area contributed by atoms with Gasteiger partial charge in [-0.15, -0.1) is 0 Å². The fourth-order valence-corrected chi connectivity index (χ4v) is 3.38. The third-order valence-corrected chi connectivity index (χ3v) is 5.08. The number of rotatable bonds is 2. The van der Waals surface area contributed by atoms with Crippen molar-refractivity contribution >= 4 is 19.7 Å². The van der Waals surface area contributed by atoms with Crippen LogP contribution in [-0.4, -0.2) is 43.6 Å². The van der Waals surface area contributed by atoms with Gasteiger partial charge in [-0.1, -0.05) is 0 Å².